The minimum absolute atomic E-state index is 0.311. The number of methoxy groups -OCH3 is 1. The van der Waals surface area contributed by atoms with E-state index in [2.05, 4.69) is 47.4 Å². The topological polar surface area (TPSA) is 32.8 Å². The number of carbonyl (C=O) groups excluding carboxylic acids is 1. The molecule has 0 amide bonds. The highest BCUT2D eigenvalue weighted by molar-refractivity contribution is 5.82. The Morgan fingerprint density at radius 2 is 1.82 bits per heavy atom. The summed E-state index contributed by atoms with van der Waals surface area (Å²) in [7, 11) is 1.52. The van der Waals surface area contributed by atoms with Crippen LogP contribution < -0.4 is 0 Å². The lowest BCUT2D eigenvalue weighted by Gasteiger charge is -2.35. The Bertz CT molecular complexity index is 699. The van der Waals surface area contributed by atoms with Crippen LogP contribution in [0.3, 0.4) is 0 Å². The van der Waals surface area contributed by atoms with Crippen LogP contribution in [0.15, 0.2) is 48.3 Å². The van der Waals surface area contributed by atoms with Gasteiger partial charge in [0.2, 0.25) is 0 Å². The molecule has 0 aliphatic carbocycles. The molecular formula is C18H20N2O2. The molecule has 0 bridgehead atoms. The van der Waals surface area contributed by atoms with Crippen molar-refractivity contribution in [1.82, 2.24) is 9.80 Å². The van der Waals surface area contributed by atoms with Crippen molar-refractivity contribution in [3.05, 3.63) is 53.9 Å². The number of nitrogens with zero attached hydrogens (tertiary/aromatic N) is 2. The van der Waals surface area contributed by atoms with E-state index in [4.69, 9.17) is 4.74 Å². The van der Waals surface area contributed by atoms with Crippen molar-refractivity contribution in [2.45, 2.75) is 6.54 Å². The fraction of sp³-hybridized carbons (Fsp3) is 0.333. The first-order valence-corrected chi connectivity index (χ1v) is 7.54. The van der Waals surface area contributed by atoms with Gasteiger partial charge in [0.25, 0.3) is 5.88 Å². The van der Waals surface area contributed by atoms with Crippen LogP contribution in [0.1, 0.15) is 5.56 Å². The number of fused-ring (bicyclic) bond motifs is 1. The molecule has 1 saturated heterocycles. The molecule has 22 heavy (non-hydrogen) atoms. The first-order valence-electron chi connectivity index (χ1n) is 7.54. The quantitative estimate of drug-likeness (QED) is 0.640. The van der Waals surface area contributed by atoms with Gasteiger partial charge in [0.1, 0.15) is 0 Å². The summed E-state index contributed by atoms with van der Waals surface area (Å²) in [4.78, 5) is 15.1. The second-order valence-electron chi connectivity index (χ2n) is 5.56. The minimum Gasteiger partial charge on any atom is -0.474 e. The molecule has 0 atom stereocenters. The zero-order chi connectivity index (χ0) is 15.4. The predicted octanol–water partition coefficient (Wildman–Crippen LogP) is 2.28. The average Bonchev–Trinajstić information content (AvgIpc) is 2.57. The predicted molar refractivity (Wildman–Crippen MR) is 87.0 cm³/mol. The van der Waals surface area contributed by atoms with Crippen LogP contribution in [0, 0.1) is 0 Å². The Balaban J connectivity index is 1.63. The van der Waals surface area contributed by atoms with Crippen LogP contribution >= 0.6 is 0 Å². The molecule has 1 fully saturated rings. The molecule has 0 saturated carbocycles. The van der Waals surface area contributed by atoms with Crippen LogP contribution in [0.25, 0.3) is 10.8 Å². The molecule has 0 radical (unpaired) electrons. The summed E-state index contributed by atoms with van der Waals surface area (Å²) in [6.07, 6.45) is 0. The van der Waals surface area contributed by atoms with Gasteiger partial charge < -0.3 is 9.64 Å². The van der Waals surface area contributed by atoms with E-state index in [9.17, 15) is 4.79 Å². The third kappa shape index (κ3) is 3.14. The largest absolute Gasteiger partial charge is 0.474 e. The SMILES string of the molecule is COC(=C=O)N1CCN(Cc2ccc3ccccc3c2)CC1. The molecule has 2 aromatic carbocycles. The van der Waals surface area contributed by atoms with Gasteiger partial charge in [-0.15, -0.1) is 0 Å². The first-order chi connectivity index (χ1) is 10.8. The van der Waals surface area contributed by atoms with Crippen LogP contribution in [0.4, 0.5) is 0 Å². The lowest BCUT2D eigenvalue weighted by atomic mass is 10.1. The number of ether oxygens (including phenoxy) is 1. The number of benzene rings is 2. The third-order valence-corrected chi connectivity index (χ3v) is 4.16. The van der Waals surface area contributed by atoms with Gasteiger partial charge >= 0.3 is 0 Å². The van der Waals surface area contributed by atoms with Gasteiger partial charge in [-0.25, -0.2) is 4.79 Å². The summed E-state index contributed by atoms with van der Waals surface area (Å²) in [6.45, 7) is 4.37. The smallest absolute Gasteiger partial charge is 0.277 e. The fourth-order valence-electron chi connectivity index (χ4n) is 2.94. The molecule has 2 aromatic rings. The standard InChI is InChI=1S/C18H20N2O2/c1-22-18(14-21)20-10-8-19(9-11-20)13-15-6-7-16-4-2-3-5-17(16)12-15/h2-7,12H,8-11,13H2,1H3. The van der Waals surface area contributed by atoms with E-state index in [0.29, 0.717) is 5.88 Å². The van der Waals surface area contributed by atoms with E-state index in [1.807, 2.05) is 10.8 Å². The maximum atomic E-state index is 10.8. The third-order valence-electron chi connectivity index (χ3n) is 4.16. The molecule has 1 aliphatic heterocycles. The summed E-state index contributed by atoms with van der Waals surface area (Å²) >= 11 is 0. The van der Waals surface area contributed by atoms with Crippen molar-refractivity contribution in [3.63, 3.8) is 0 Å². The van der Waals surface area contributed by atoms with Gasteiger partial charge in [0, 0.05) is 32.7 Å². The molecule has 4 nitrogen and oxygen atoms in total. The van der Waals surface area contributed by atoms with Crippen molar-refractivity contribution >= 4 is 16.7 Å². The van der Waals surface area contributed by atoms with Gasteiger partial charge in [0.15, 0.2) is 5.94 Å². The molecule has 114 valence electrons. The highest BCUT2D eigenvalue weighted by Crippen LogP contribution is 2.18. The van der Waals surface area contributed by atoms with Crippen molar-refractivity contribution in [2.24, 2.45) is 0 Å². The van der Waals surface area contributed by atoms with Crippen molar-refractivity contribution in [3.8, 4) is 0 Å². The Kier molecular flexibility index (Phi) is 4.42. The summed E-state index contributed by atoms with van der Waals surface area (Å²) < 4.78 is 5.04. The fourth-order valence-corrected chi connectivity index (χ4v) is 2.94. The summed E-state index contributed by atoms with van der Waals surface area (Å²) in [5.74, 6) is 2.17. The van der Waals surface area contributed by atoms with Gasteiger partial charge in [0.05, 0.1) is 7.11 Å². The van der Waals surface area contributed by atoms with Crippen LogP contribution in [0.5, 0.6) is 0 Å². The van der Waals surface area contributed by atoms with E-state index in [1.165, 1.54) is 23.4 Å². The highest BCUT2D eigenvalue weighted by Gasteiger charge is 2.19. The van der Waals surface area contributed by atoms with Crippen LogP contribution in [-0.2, 0) is 16.1 Å². The number of hydrogen-bond donors (Lipinski definition) is 0. The highest BCUT2D eigenvalue weighted by atomic mass is 16.5. The Morgan fingerprint density at radius 3 is 2.50 bits per heavy atom. The van der Waals surface area contributed by atoms with Gasteiger partial charge in [-0.2, -0.15) is 0 Å². The molecule has 0 aromatic heterocycles. The summed E-state index contributed by atoms with van der Waals surface area (Å²) in [5, 5.41) is 2.56. The molecular weight excluding hydrogens is 276 g/mol. The van der Waals surface area contributed by atoms with Crippen molar-refractivity contribution in [2.75, 3.05) is 33.3 Å². The molecule has 3 rings (SSSR count). The molecule has 1 aliphatic rings. The van der Waals surface area contributed by atoms with Crippen LogP contribution in [0.2, 0.25) is 0 Å². The van der Waals surface area contributed by atoms with E-state index in [1.54, 1.807) is 0 Å². The maximum absolute atomic E-state index is 10.8. The molecule has 0 N–H and O–H groups in total. The summed E-state index contributed by atoms with van der Waals surface area (Å²) in [5.41, 5.74) is 1.32. The first kappa shape index (κ1) is 14.6. The summed E-state index contributed by atoms with van der Waals surface area (Å²) in [6, 6.07) is 15.1. The number of rotatable bonds is 4. The lowest BCUT2D eigenvalue weighted by Crippen LogP contribution is -2.45. The molecule has 1 heterocycles. The van der Waals surface area contributed by atoms with E-state index in [-0.39, 0.29) is 0 Å². The van der Waals surface area contributed by atoms with E-state index in [0.717, 1.165) is 32.7 Å². The monoisotopic (exact) mass is 296 g/mol. The second kappa shape index (κ2) is 6.65. The molecule has 0 unspecified atom stereocenters. The normalized spacial score (nSPS) is 15.6. The zero-order valence-corrected chi connectivity index (χ0v) is 12.8. The van der Waals surface area contributed by atoms with E-state index >= 15 is 0 Å². The minimum atomic E-state index is 0.311. The van der Waals surface area contributed by atoms with Crippen molar-refractivity contribution in [1.29, 1.82) is 0 Å². The average molecular weight is 296 g/mol. The Morgan fingerprint density at radius 1 is 1.09 bits per heavy atom. The zero-order valence-electron chi connectivity index (χ0n) is 12.8. The van der Waals surface area contributed by atoms with Crippen LogP contribution in [-0.4, -0.2) is 49.0 Å². The second-order valence-corrected chi connectivity index (χ2v) is 5.56. The van der Waals surface area contributed by atoms with Gasteiger partial charge in [-0.05, 0) is 22.4 Å². The Hall–Kier alpha value is -2.29. The van der Waals surface area contributed by atoms with Gasteiger partial charge in [-0.1, -0.05) is 36.4 Å². The lowest BCUT2D eigenvalue weighted by molar-refractivity contribution is 0.0922. The number of hydrogen-bond acceptors (Lipinski definition) is 4. The van der Waals surface area contributed by atoms with Crippen molar-refractivity contribution < 1.29 is 9.53 Å². The molecule has 4 heteroatoms. The van der Waals surface area contributed by atoms with E-state index < -0.39 is 0 Å². The Labute approximate surface area is 130 Å². The number of piperazine rings is 1. The van der Waals surface area contributed by atoms with Gasteiger partial charge in [-0.3, -0.25) is 4.90 Å². The molecule has 0 spiro atoms. The maximum Gasteiger partial charge on any atom is 0.277 e.